The molecule has 0 aliphatic rings. The molecule has 19 heavy (non-hydrogen) atoms. The number of benzene rings is 2. The smallest absolute Gasteiger partial charge is 0.134 e. The Balaban J connectivity index is 2.07. The van der Waals surface area contributed by atoms with E-state index < -0.39 is 0 Å². The highest BCUT2D eigenvalue weighted by atomic mass is 79.9. The van der Waals surface area contributed by atoms with E-state index in [9.17, 15) is 0 Å². The molecule has 0 saturated carbocycles. The van der Waals surface area contributed by atoms with Gasteiger partial charge in [-0.25, -0.2) is 0 Å². The van der Waals surface area contributed by atoms with Crippen molar-refractivity contribution >= 4 is 38.5 Å². The SMILES string of the molecule is NC(c1cc2ccccc2o1)c1cc(Cl)ccc1Br. The van der Waals surface area contributed by atoms with Crippen LogP contribution in [0.2, 0.25) is 5.02 Å². The lowest BCUT2D eigenvalue weighted by Gasteiger charge is -2.11. The number of fused-ring (bicyclic) bond motifs is 1. The first-order valence-electron chi connectivity index (χ1n) is 5.84. The average molecular weight is 337 g/mol. The van der Waals surface area contributed by atoms with Gasteiger partial charge in [-0.3, -0.25) is 0 Å². The van der Waals surface area contributed by atoms with Gasteiger partial charge in [0.05, 0.1) is 6.04 Å². The minimum absolute atomic E-state index is 0.347. The van der Waals surface area contributed by atoms with Gasteiger partial charge in [0.2, 0.25) is 0 Å². The Bertz CT molecular complexity index is 705. The summed E-state index contributed by atoms with van der Waals surface area (Å²) in [5.74, 6) is 0.726. The highest BCUT2D eigenvalue weighted by Crippen LogP contribution is 2.32. The van der Waals surface area contributed by atoms with Gasteiger partial charge in [0, 0.05) is 14.9 Å². The standard InChI is InChI=1S/C15H11BrClNO/c16-12-6-5-10(17)8-11(12)15(18)14-7-9-3-1-2-4-13(9)19-14/h1-8,15H,18H2. The van der Waals surface area contributed by atoms with Gasteiger partial charge in [-0.15, -0.1) is 0 Å². The molecule has 2 N–H and O–H groups in total. The molecular weight excluding hydrogens is 326 g/mol. The lowest BCUT2D eigenvalue weighted by Crippen LogP contribution is -2.11. The van der Waals surface area contributed by atoms with Crippen LogP contribution in [-0.2, 0) is 0 Å². The second kappa shape index (κ2) is 5.00. The third-order valence-corrected chi connectivity index (χ3v) is 4.00. The number of halogens is 2. The first kappa shape index (κ1) is 12.7. The molecule has 4 heteroatoms. The molecular formula is C15H11BrClNO. The third kappa shape index (κ3) is 2.41. The Kier molecular flexibility index (Phi) is 3.35. The van der Waals surface area contributed by atoms with Crippen LogP contribution >= 0.6 is 27.5 Å². The van der Waals surface area contributed by atoms with Crippen molar-refractivity contribution in [2.75, 3.05) is 0 Å². The quantitative estimate of drug-likeness (QED) is 0.723. The number of hydrogen-bond donors (Lipinski definition) is 1. The summed E-state index contributed by atoms with van der Waals surface area (Å²) in [6.45, 7) is 0. The zero-order chi connectivity index (χ0) is 13.4. The fraction of sp³-hybridized carbons (Fsp3) is 0.0667. The molecule has 1 unspecified atom stereocenters. The normalized spacial score (nSPS) is 12.8. The van der Waals surface area contributed by atoms with Gasteiger partial charge in [0.15, 0.2) is 0 Å². The second-order valence-electron chi connectivity index (χ2n) is 4.33. The summed E-state index contributed by atoms with van der Waals surface area (Å²) >= 11 is 9.51. The molecule has 3 rings (SSSR count). The van der Waals surface area contributed by atoms with Crippen LogP contribution < -0.4 is 5.73 Å². The molecule has 96 valence electrons. The zero-order valence-electron chi connectivity index (χ0n) is 9.94. The van der Waals surface area contributed by atoms with Crippen LogP contribution in [0, 0.1) is 0 Å². The van der Waals surface area contributed by atoms with Crippen molar-refractivity contribution in [3.63, 3.8) is 0 Å². The van der Waals surface area contributed by atoms with Crippen LogP contribution in [0.5, 0.6) is 0 Å². The van der Waals surface area contributed by atoms with E-state index in [-0.39, 0.29) is 6.04 Å². The molecule has 0 saturated heterocycles. The maximum atomic E-state index is 6.27. The summed E-state index contributed by atoms with van der Waals surface area (Å²) in [4.78, 5) is 0. The summed E-state index contributed by atoms with van der Waals surface area (Å²) in [7, 11) is 0. The Morgan fingerprint density at radius 2 is 1.89 bits per heavy atom. The van der Waals surface area contributed by atoms with Crippen molar-refractivity contribution in [1.29, 1.82) is 0 Å². The molecule has 0 amide bonds. The van der Waals surface area contributed by atoms with E-state index in [0.29, 0.717) is 5.02 Å². The minimum Gasteiger partial charge on any atom is -0.459 e. The van der Waals surface area contributed by atoms with Crippen molar-refractivity contribution in [1.82, 2.24) is 0 Å². The summed E-state index contributed by atoms with van der Waals surface area (Å²) in [5.41, 5.74) is 8.02. The summed E-state index contributed by atoms with van der Waals surface area (Å²) in [6, 6.07) is 15.0. The molecule has 1 aromatic heterocycles. The van der Waals surface area contributed by atoms with Crippen molar-refractivity contribution in [3.05, 3.63) is 69.3 Å². The van der Waals surface area contributed by atoms with E-state index in [1.807, 2.05) is 48.5 Å². The van der Waals surface area contributed by atoms with Gasteiger partial charge in [-0.2, -0.15) is 0 Å². The predicted octanol–water partition coefficient (Wildman–Crippen LogP) is 4.90. The summed E-state index contributed by atoms with van der Waals surface area (Å²) in [5, 5.41) is 1.70. The number of rotatable bonds is 2. The molecule has 0 aliphatic heterocycles. The van der Waals surface area contributed by atoms with Crippen LogP contribution in [-0.4, -0.2) is 0 Å². The van der Waals surface area contributed by atoms with Crippen molar-refractivity contribution in [2.24, 2.45) is 5.73 Å². The number of hydrogen-bond acceptors (Lipinski definition) is 2. The van der Waals surface area contributed by atoms with Crippen molar-refractivity contribution < 1.29 is 4.42 Å². The van der Waals surface area contributed by atoms with Crippen molar-refractivity contribution in [2.45, 2.75) is 6.04 Å². The average Bonchev–Trinajstić information content (AvgIpc) is 2.84. The van der Waals surface area contributed by atoms with E-state index in [1.165, 1.54) is 0 Å². The van der Waals surface area contributed by atoms with E-state index >= 15 is 0 Å². The van der Waals surface area contributed by atoms with E-state index in [0.717, 1.165) is 26.8 Å². The molecule has 2 aromatic carbocycles. The molecule has 2 nitrogen and oxygen atoms in total. The lowest BCUT2D eigenvalue weighted by atomic mass is 10.1. The Morgan fingerprint density at radius 3 is 2.68 bits per heavy atom. The lowest BCUT2D eigenvalue weighted by molar-refractivity contribution is 0.524. The van der Waals surface area contributed by atoms with Crippen LogP contribution in [0.15, 0.2) is 57.4 Å². The highest BCUT2D eigenvalue weighted by molar-refractivity contribution is 9.10. The van der Waals surface area contributed by atoms with Crippen LogP contribution in [0.4, 0.5) is 0 Å². The molecule has 1 atom stereocenters. The zero-order valence-corrected chi connectivity index (χ0v) is 12.3. The Hall–Kier alpha value is -1.29. The monoisotopic (exact) mass is 335 g/mol. The molecule has 0 bridgehead atoms. The van der Waals surface area contributed by atoms with Gasteiger partial charge in [-0.05, 0) is 35.9 Å². The summed E-state index contributed by atoms with van der Waals surface area (Å²) < 4.78 is 6.71. The Labute approximate surface area is 124 Å². The van der Waals surface area contributed by atoms with Gasteiger partial charge >= 0.3 is 0 Å². The molecule has 1 heterocycles. The first-order chi connectivity index (χ1) is 9.15. The van der Waals surface area contributed by atoms with Gasteiger partial charge < -0.3 is 10.2 Å². The van der Waals surface area contributed by atoms with E-state index in [2.05, 4.69) is 15.9 Å². The Morgan fingerprint density at radius 1 is 1.11 bits per heavy atom. The maximum Gasteiger partial charge on any atom is 0.134 e. The van der Waals surface area contributed by atoms with Crippen LogP contribution in [0.1, 0.15) is 17.4 Å². The number of para-hydroxylation sites is 1. The van der Waals surface area contributed by atoms with Crippen LogP contribution in [0.3, 0.4) is 0 Å². The predicted molar refractivity (Wildman–Crippen MR) is 81.4 cm³/mol. The fourth-order valence-electron chi connectivity index (χ4n) is 2.06. The highest BCUT2D eigenvalue weighted by Gasteiger charge is 2.17. The molecule has 0 aliphatic carbocycles. The van der Waals surface area contributed by atoms with Crippen LogP contribution in [0.25, 0.3) is 11.0 Å². The minimum atomic E-state index is -0.347. The second-order valence-corrected chi connectivity index (χ2v) is 5.62. The molecule has 0 radical (unpaired) electrons. The van der Waals surface area contributed by atoms with Gasteiger partial charge in [-0.1, -0.05) is 45.7 Å². The third-order valence-electron chi connectivity index (χ3n) is 3.04. The van der Waals surface area contributed by atoms with E-state index in [4.69, 9.17) is 21.8 Å². The number of furan rings is 1. The largest absolute Gasteiger partial charge is 0.459 e. The molecule has 3 aromatic rings. The first-order valence-corrected chi connectivity index (χ1v) is 7.01. The number of nitrogens with two attached hydrogens (primary N) is 1. The molecule has 0 spiro atoms. The van der Waals surface area contributed by atoms with Gasteiger partial charge in [0.25, 0.3) is 0 Å². The van der Waals surface area contributed by atoms with Gasteiger partial charge in [0.1, 0.15) is 11.3 Å². The topological polar surface area (TPSA) is 39.2 Å². The van der Waals surface area contributed by atoms with Crippen molar-refractivity contribution in [3.8, 4) is 0 Å². The molecule has 0 fully saturated rings. The maximum absolute atomic E-state index is 6.27. The van der Waals surface area contributed by atoms with E-state index in [1.54, 1.807) is 0 Å². The summed E-state index contributed by atoms with van der Waals surface area (Å²) in [6.07, 6.45) is 0. The fourth-order valence-corrected chi connectivity index (χ4v) is 2.74.